The molecule has 2 rings (SSSR count). The van der Waals surface area contributed by atoms with Crippen molar-refractivity contribution in [2.75, 3.05) is 0 Å². The Morgan fingerprint density at radius 1 is 1.24 bits per heavy atom. The summed E-state index contributed by atoms with van der Waals surface area (Å²) < 4.78 is 28.2. The Labute approximate surface area is 146 Å². The van der Waals surface area contributed by atoms with E-state index in [0.29, 0.717) is 17.0 Å². The van der Waals surface area contributed by atoms with Crippen LogP contribution in [0.15, 0.2) is 49.1 Å². The predicted octanol–water partition coefficient (Wildman–Crippen LogP) is 5.78. The van der Waals surface area contributed by atoms with E-state index in [0.717, 1.165) is 18.6 Å². The summed E-state index contributed by atoms with van der Waals surface area (Å²) in [7, 11) is 0. The molecular weight excluding hydrogens is 322 g/mol. The van der Waals surface area contributed by atoms with Crippen LogP contribution in [0.25, 0.3) is 11.6 Å². The van der Waals surface area contributed by atoms with E-state index in [-0.39, 0.29) is 16.7 Å². The Morgan fingerprint density at radius 2 is 1.88 bits per heavy atom. The maximum atomic E-state index is 14.1. The largest absolute Gasteiger partial charge is 0.478 e. The minimum atomic E-state index is -1.11. The van der Waals surface area contributed by atoms with E-state index in [1.165, 1.54) is 18.2 Å². The molecule has 0 saturated heterocycles. The van der Waals surface area contributed by atoms with Crippen molar-refractivity contribution in [3.05, 3.63) is 82.9 Å². The van der Waals surface area contributed by atoms with Gasteiger partial charge in [-0.3, -0.25) is 0 Å². The van der Waals surface area contributed by atoms with Gasteiger partial charge in [-0.25, -0.2) is 13.6 Å². The third-order valence-electron chi connectivity index (χ3n) is 4.14. The topological polar surface area (TPSA) is 37.3 Å². The van der Waals surface area contributed by atoms with Gasteiger partial charge in [0.1, 0.15) is 11.6 Å². The smallest absolute Gasteiger partial charge is 0.335 e. The zero-order valence-electron chi connectivity index (χ0n) is 14.2. The summed E-state index contributed by atoms with van der Waals surface area (Å²) in [5.74, 6) is -2.25. The van der Waals surface area contributed by atoms with Crippen molar-refractivity contribution in [2.45, 2.75) is 20.3 Å². The highest BCUT2D eigenvalue weighted by atomic mass is 19.1. The molecule has 1 N–H and O–H groups in total. The Kier molecular flexibility index (Phi) is 5.86. The van der Waals surface area contributed by atoms with Gasteiger partial charge in [0.05, 0.1) is 11.1 Å². The maximum absolute atomic E-state index is 14.1. The van der Waals surface area contributed by atoms with Crippen LogP contribution in [-0.2, 0) is 0 Å². The number of benzene rings is 2. The zero-order valence-corrected chi connectivity index (χ0v) is 14.2. The van der Waals surface area contributed by atoms with Crippen LogP contribution in [0.4, 0.5) is 8.78 Å². The lowest BCUT2D eigenvalue weighted by Gasteiger charge is -2.13. The first-order valence-electron chi connectivity index (χ1n) is 8.04. The van der Waals surface area contributed by atoms with Crippen molar-refractivity contribution in [3.63, 3.8) is 0 Å². The number of allylic oxidation sites excluding steroid dienone is 1. The van der Waals surface area contributed by atoms with Gasteiger partial charge >= 0.3 is 5.97 Å². The SMILES string of the molecule is C=C(c1cc(C(=O)O)ccc1/C=C\C(C)CC)c1c(F)cccc1F. The van der Waals surface area contributed by atoms with E-state index in [9.17, 15) is 18.7 Å². The fourth-order valence-electron chi connectivity index (χ4n) is 2.42. The summed E-state index contributed by atoms with van der Waals surface area (Å²) in [6, 6.07) is 8.07. The molecule has 2 aromatic carbocycles. The summed E-state index contributed by atoms with van der Waals surface area (Å²) in [6.07, 6.45) is 4.76. The monoisotopic (exact) mass is 342 g/mol. The molecule has 0 spiro atoms. The summed E-state index contributed by atoms with van der Waals surface area (Å²) in [6.45, 7) is 7.92. The molecule has 0 heterocycles. The second-order valence-electron chi connectivity index (χ2n) is 5.93. The van der Waals surface area contributed by atoms with E-state index in [2.05, 4.69) is 13.5 Å². The molecule has 0 aliphatic carbocycles. The maximum Gasteiger partial charge on any atom is 0.335 e. The van der Waals surface area contributed by atoms with Crippen LogP contribution in [0.5, 0.6) is 0 Å². The van der Waals surface area contributed by atoms with Gasteiger partial charge in [0, 0.05) is 0 Å². The molecule has 0 aliphatic heterocycles. The molecule has 1 unspecified atom stereocenters. The third-order valence-corrected chi connectivity index (χ3v) is 4.14. The molecule has 0 amide bonds. The van der Waals surface area contributed by atoms with E-state index in [1.807, 2.05) is 19.1 Å². The van der Waals surface area contributed by atoms with Crippen molar-refractivity contribution < 1.29 is 18.7 Å². The molecule has 0 radical (unpaired) electrons. The lowest BCUT2D eigenvalue weighted by molar-refractivity contribution is 0.0697. The minimum Gasteiger partial charge on any atom is -0.478 e. The number of hydrogen-bond acceptors (Lipinski definition) is 1. The molecule has 2 aromatic rings. The van der Waals surface area contributed by atoms with E-state index < -0.39 is 17.6 Å². The van der Waals surface area contributed by atoms with Crippen LogP contribution in [0.3, 0.4) is 0 Å². The molecule has 25 heavy (non-hydrogen) atoms. The third kappa shape index (κ3) is 4.21. The van der Waals surface area contributed by atoms with Crippen LogP contribution < -0.4 is 0 Å². The molecule has 0 fully saturated rings. The predicted molar refractivity (Wildman–Crippen MR) is 96.4 cm³/mol. The summed E-state index contributed by atoms with van der Waals surface area (Å²) >= 11 is 0. The first-order valence-corrected chi connectivity index (χ1v) is 8.04. The standard InChI is InChI=1S/C21H20F2O2/c1-4-13(2)8-9-15-10-11-16(21(24)25)12-17(15)14(3)20-18(22)6-5-7-19(20)23/h5-13H,3-4H2,1-2H3,(H,24,25)/b9-8-. The van der Waals surface area contributed by atoms with Gasteiger partial charge in [0.25, 0.3) is 0 Å². The molecule has 0 aromatic heterocycles. The van der Waals surface area contributed by atoms with Gasteiger partial charge in [-0.1, -0.05) is 51.1 Å². The number of halogens is 2. The molecule has 0 bridgehead atoms. The van der Waals surface area contributed by atoms with Crippen LogP contribution in [0.2, 0.25) is 0 Å². The van der Waals surface area contributed by atoms with E-state index in [1.54, 1.807) is 6.07 Å². The summed E-state index contributed by atoms with van der Waals surface area (Å²) in [5.41, 5.74) is 0.959. The number of aromatic carboxylic acids is 1. The quantitative estimate of drug-likeness (QED) is 0.722. The summed E-state index contributed by atoms with van der Waals surface area (Å²) in [4.78, 5) is 11.3. The van der Waals surface area contributed by atoms with Gasteiger partial charge in [-0.2, -0.15) is 0 Å². The number of carbonyl (C=O) groups is 1. The number of hydrogen-bond donors (Lipinski definition) is 1. The molecule has 1 atom stereocenters. The van der Waals surface area contributed by atoms with E-state index in [4.69, 9.17) is 0 Å². The Hall–Kier alpha value is -2.75. The highest BCUT2D eigenvalue weighted by molar-refractivity contribution is 5.92. The average Bonchev–Trinajstić information content (AvgIpc) is 2.59. The molecular formula is C21H20F2O2. The zero-order chi connectivity index (χ0) is 18.6. The fraction of sp³-hybridized carbons (Fsp3) is 0.190. The van der Waals surface area contributed by atoms with Crippen LogP contribution in [0.1, 0.15) is 47.3 Å². The second kappa shape index (κ2) is 7.88. The second-order valence-corrected chi connectivity index (χ2v) is 5.93. The van der Waals surface area contributed by atoms with Gasteiger partial charge in [0.2, 0.25) is 0 Å². The average molecular weight is 342 g/mol. The van der Waals surface area contributed by atoms with Crippen molar-refractivity contribution in [2.24, 2.45) is 5.92 Å². The van der Waals surface area contributed by atoms with Gasteiger partial charge < -0.3 is 5.11 Å². The Morgan fingerprint density at radius 3 is 2.44 bits per heavy atom. The molecule has 2 nitrogen and oxygen atoms in total. The van der Waals surface area contributed by atoms with Crippen LogP contribution in [-0.4, -0.2) is 11.1 Å². The Balaban J connectivity index is 2.60. The van der Waals surface area contributed by atoms with Crippen molar-refractivity contribution in [1.82, 2.24) is 0 Å². The molecule has 0 saturated carbocycles. The highest BCUT2D eigenvalue weighted by Crippen LogP contribution is 2.30. The summed E-state index contributed by atoms with van der Waals surface area (Å²) in [5, 5.41) is 9.22. The van der Waals surface area contributed by atoms with Gasteiger partial charge in [-0.05, 0) is 46.9 Å². The number of carboxylic acid groups (broad SMARTS) is 1. The molecule has 4 heteroatoms. The fourth-order valence-corrected chi connectivity index (χ4v) is 2.42. The van der Waals surface area contributed by atoms with Crippen molar-refractivity contribution in [3.8, 4) is 0 Å². The van der Waals surface area contributed by atoms with Crippen LogP contribution in [0, 0.1) is 17.6 Å². The lowest BCUT2D eigenvalue weighted by Crippen LogP contribution is -2.02. The van der Waals surface area contributed by atoms with Crippen molar-refractivity contribution >= 4 is 17.6 Å². The molecule has 0 aliphatic rings. The number of carboxylic acids is 1. The Bertz CT molecular complexity index is 818. The molecule has 130 valence electrons. The van der Waals surface area contributed by atoms with E-state index >= 15 is 0 Å². The minimum absolute atomic E-state index is 0.0357. The first-order chi connectivity index (χ1) is 11.8. The van der Waals surface area contributed by atoms with Gasteiger partial charge in [-0.15, -0.1) is 0 Å². The normalized spacial score (nSPS) is 12.3. The highest BCUT2D eigenvalue weighted by Gasteiger charge is 2.17. The van der Waals surface area contributed by atoms with Gasteiger partial charge in [0.15, 0.2) is 0 Å². The van der Waals surface area contributed by atoms with Crippen molar-refractivity contribution in [1.29, 1.82) is 0 Å². The first kappa shape index (κ1) is 18.6. The number of rotatable bonds is 6. The van der Waals surface area contributed by atoms with Crippen LogP contribution >= 0.6 is 0 Å². The lowest BCUT2D eigenvalue weighted by atomic mass is 9.92.